The van der Waals surface area contributed by atoms with Crippen molar-refractivity contribution >= 4 is 8.56 Å². The third kappa shape index (κ3) is 11.6. The minimum atomic E-state index is -1.87. The zero-order valence-electron chi connectivity index (χ0n) is 13.8. The Balaban J connectivity index is 3.72. The molecule has 0 radical (unpaired) electrons. The summed E-state index contributed by atoms with van der Waals surface area (Å²) in [6, 6.07) is 1.17. The van der Waals surface area contributed by atoms with E-state index in [-0.39, 0.29) is 0 Å². The maximum atomic E-state index is 6.04. The minimum Gasteiger partial charge on any atom is -0.394 e. The van der Waals surface area contributed by atoms with Crippen LogP contribution >= 0.6 is 0 Å². The Labute approximate surface area is 122 Å². The third-order valence-electron chi connectivity index (χ3n) is 3.46. The summed E-state index contributed by atoms with van der Waals surface area (Å²) in [5.41, 5.74) is 0. The molecular formula is C16H36O2Si. The maximum Gasteiger partial charge on any atom is 0.334 e. The Morgan fingerprint density at radius 2 is 1.11 bits per heavy atom. The van der Waals surface area contributed by atoms with Crippen molar-refractivity contribution in [2.75, 3.05) is 13.2 Å². The largest absolute Gasteiger partial charge is 0.394 e. The second-order valence-corrected chi connectivity index (χ2v) is 9.05. The molecule has 3 heteroatoms. The number of hydrogen-bond donors (Lipinski definition) is 0. The van der Waals surface area contributed by atoms with Crippen molar-refractivity contribution in [3.05, 3.63) is 0 Å². The Morgan fingerprint density at radius 3 is 1.58 bits per heavy atom. The summed E-state index contributed by atoms with van der Waals surface area (Å²) in [7, 11) is -1.87. The predicted molar refractivity (Wildman–Crippen MR) is 86.9 cm³/mol. The van der Waals surface area contributed by atoms with Gasteiger partial charge in [0.05, 0.1) is 0 Å². The third-order valence-corrected chi connectivity index (χ3v) is 6.35. The molecule has 0 saturated carbocycles. The molecule has 2 nitrogen and oxygen atoms in total. The van der Waals surface area contributed by atoms with Crippen LogP contribution in [0.4, 0.5) is 0 Å². The molecule has 0 N–H and O–H groups in total. The van der Waals surface area contributed by atoms with E-state index in [9.17, 15) is 0 Å². The topological polar surface area (TPSA) is 18.5 Å². The molecular weight excluding hydrogens is 252 g/mol. The monoisotopic (exact) mass is 288 g/mol. The lowest BCUT2D eigenvalue weighted by molar-refractivity contribution is 0.172. The van der Waals surface area contributed by atoms with Gasteiger partial charge < -0.3 is 8.85 Å². The average Bonchev–Trinajstić information content (AvgIpc) is 2.42. The minimum absolute atomic E-state index is 0.864. The van der Waals surface area contributed by atoms with E-state index in [1.54, 1.807) is 0 Å². The summed E-state index contributed by atoms with van der Waals surface area (Å²) in [4.78, 5) is 0. The molecule has 116 valence electrons. The average molecular weight is 289 g/mol. The quantitative estimate of drug-likeness (QED) is 0.303. The lowest BCUT2D eigenvalue weighted by atomic mass is 10.1. The van der Waals surface area contributed by atoms with Crippen LogP contribution in [-0.4, -0.2) is 21.8 Å². The van der Waals surface area contributed by atoms with Crippen LogP contribution in [-0.2, 0) is 8.85 Å². The molecule has 19 heavy (non-hydrogen) atoms. The first-order valence-corrected chi connectivity index (χ1v) is 11.0. The van der Waals surface area contributed by atoms with Crippen molar-refractivity contribution in [1.29, 1.82) is 0 Å². The fourth-order valence-electron chi connectivity index (χ4n) is 2.23. The van der Waals surface area contributed by atoms with E-state index in [2.05, 4.69) is 27.3 Å². The van der Waals surface area contributed by atoms with Crippen LogP contribution in [0.1, 0.15) is 78.6 Å². The van der Waals surface area contributed by atoms with Gasteiger partial charge in [0.25, 0.3) is 0 Å². The smallest absolute Gasteiger partial charge is 0.334 e. The van der Waals surface area contributed by atoms with Gasteiger partial charge in [-0.25, -0.2) is 0 Å². The van der Waals surface area contributed by atoms with Gasteiger partial charge in [0.15, 0.2) is 0 Å². The van der Waals surface area contributed by atoms with Crippen LogP contribution in [0, 0.1) is 0 Å². The molecule has 0 atom stereocenters. The zero-order chi connectivity index (χ0) is 14.4. The molecule has 0 amide bonds. The molecule has 0 aromatic heterocycles. The molecule has 0 heterocycles. The molecule has 0 aromatic carbocycles. The van der Waals surface area contributed by atoms with E-state index >= 15 is 0 Å². The first-order chi connectivity index (χ1) is 9.18. The van der Waals surface area contributed by atoms with E-state index in [0.717, 1.165) is 26.1 Å². The van der Waals surface area contributed by atoms with Crippen molar-refractivity contribution in [3.8, 4) is 0 Å². The van der Waals surface area contributed by atoms with Gasteiger partial charge in [0.2, 0.25) is 0 Å². The Kier molecular flexibility index (Phi) is 13.2. The van der Waals surface area contributed by atoms with Crippen molar-refractivity contribution in [2.24, 2.45) is 0 Å². The molecule has 0 aromatic rings. The highest BCUT2D eigenvalue weighted by Gasteiger charge is 2.30. The highest BCUT2D eigenvalue weighted by Crippen LogP contribution is 2.19. The summed E-state index contributed by atoms with van der Waals surface area (Å²) in [5.74, 6) is 0. The second-order valence-electron chi connectivity index (χ2n) is 5.70. The first-order valence-electron chi connectivity index (χ1n) is 8.46. The summed E-state index contributed by atoms with van der Waals surface area (Å²) in [5, 5.41) is 0. The number of rotatable bonds is 14. The molecule has 0 spiro atoms. The van der Waals surface area contributed by atoms with E-state index in [1.165, 1.54) is 51.0 Å². The summed E-state index contributed by atoms with van der Waals surface area (Å²) >= 11 is 0. The molecule has 0 aliphatic carbocycles. The maximum absolute atomic E-state index is 6.04. The Bertz CT molecular complexity index is 178. The fraction of sp³-hybridized carbons (Fsp3) is 1.00. The first kappa shape index (κ1) is 19.1. The lowest BCUT2D eigenvalue weighted by Gasteiger charge is -2.27. The van der Waals surface area contributed by atoms with Gasteiger partial charge in [-0.3, -0.25) is 0 Å². The predicted octanol–water partition coefficient (Wildman–Crippen LogP) is 5.66. The van der Waals surface area contributed by atoms with Gasteiger partial charge >= 0.3 is 8.56 Å². The van der Waals surface area contributed by atoms with Gasteiger partial charge in [-0.15, -0.1) is 0 Å². The van der Waals surface area contributed by atoms with Crippen molar-refractivity contribution in [1.82, 2.24) is 0 Å². The Hall–Kier alpha value is 0.137. The van der Waals surface area contributed by atoms with Crippen LogP contribution in [0.5, 0.6) is 0 Å². The molecule has 0 aliphatic heterocycles. The molecule has 0 saturated heterocycles. The zero-order valence-corrected chi connectivity index (χ0v) is 14.8. The Morgan fingerprint density at radius 1 is 0.632 bits per heavy atom. The molecule has 0 aliphatic rings. The van der Waals surface area contributed by atoms with Crippen LogP contribution < -0.4 is 0 Å². The van der Waals surface area contributed by atoms with Gasteiger partial charge in [0, 0.05) is 13.2 Å². The van der Waals surface area contributed by atoms with Gasteiger partial charge in [0.1, 0.15) is 0 Å². The van der Waals surface area contributed by atoms with E-state index < -0.39 is 8.56 Å². The van der Waals surface area contributed by atoms with Crippen LogP contribution in [0.2, 0.25) is 12.6 Å². The second kappa shape index (κ2) is 13.1. The van der Waals surface area contributed by atoms with Gasteiger partial charge in [-0.1, -0.05) is 65.7 Å². The van der Waals surface area contributed by atoms with Crippen molar-refractivity contribution < 1.29 is 8.85 Å². The van der Waals surface area contributed by atoms with Crippen molar-refractivity contribution in [2.45, 2.75) is 91.1 Å². The number of unbranched alkanes of at least 4 members (excludes halogenated alkanes) is 6. The molecule has 0 fully saturated rings. The fourth-order valence-corrected chi connectivity index (χ4v) is 4.76. The highest BCUT2D eigenvalue weighted by molar-refractivity contribution is 6.66. The summed E-state index contributed by atoms with van der Waals surface area (Å²) < 4.78 is 12.1. The SMILES string of the molecule is CCCCCCCCC[Si](C)(OCCC)OCCC. The van der Waals surface area contributed by atoms with E-state index in [1.807, 2.05) is 0 Å². The standard InChI is InChI=1S/C16H36O2Si/c1-5-8-9-10-11-12-13-16-19(4,17-14-6-2)18-15-7-3/h5-16H2,1-4H3. The normalized spacial score (nSPS) is 12.0. The summed E-state index contributed by atoms with van der Waals surface area (Å²) in [6.45, 7) is 10.6. The van der Waals surface area contributed by atoms with Gasteiger partial charge in [-0.2, -0.15) is 0 Å². The highest BCUT2D eigenvalue weighted by atomic mass is 28.4. The van der Waals surface area contributed by atoms with E-state index in [4.69, 9.17) is 8.85 Å². The molecule has 0 rings (SSSR count). The van der Waals surface area contributed by atoms with Crippen molar-refractivity contribution in [3.63, 3.8) is 0 Å². The molecule has 0 bridgehead atoms. The lowest BCUT2D eigenvalue weighted by Crippen LogP contribution is -2.39. The van der Waals surface area contributed by atoms with E-state index in [0.29, 0.717) is 0 Å². The van der Waals surface area contributed by atoms with Crippen LogP contribution in [0.3, 0.4) is 0 Å². The molecule has 0 unspecified atom stereocenters. The van der Waals surface area contributed by atoms with Crippen LogP contribution in [0.25, 0.3) is 0 Å². The number of hydrogen-bond acceptors (Lipinski definition) is 2. The van der Waals surface area contributed by atoms with Crippen LogP contribution in [0.15, 0.2) is 0 Å². The van der Waals surface area contributed by atoms with Gasteiger partial charge in [-0.05, 0) is 25.4 Å². The summed E-state index contributed by atoms with van der Waals surface area (Å²) in [6.07, 6.45) is 11.7.